The zero-order valence-electron chi connectivity index (χ0n) is 8.30. The van der Waals surface area contributed by atoms with Crippen molar-refractivity contribution in [2.45, 2.75) is 19.3 Å². The maximum atomic E-state index is 10.8. The minimum absolute atomic E-state index is 0.361. The summed E-state index contributed by atoms with van der Waals surface area (Å²) in [6.45, 7) is 1.86. The molecule has 0 amide bonds. The molecule has 1 rings (SSSR count). The molecule has 0 spiro atoms. The molecule has 0 heterocycles. The lowest BCUT2D eigenvalue weighted by atomic mass is 9.93. The number of hydrogen-bond acceptors (Lipinski definition) is 2. The van der Waals surface area contributed by atoms with Crippen LogP contribution in [-0.4, -0.2) is 22.2 Å². The minimum atomic E-state index is -1.47. The molecule has 0 aliphatic carbocycles. The van der Waals surface area contributed by atoms with Crippen LogP contribution in [-0.2, 0) is 16.0 Å². The van der Waals surface area contributed by atoms with Crippen molar-refractivity contribution < 1.29 is 19.8 Å². The Hall–Kier alpha value is -1.84. The summed E-state index contributed by atoms with van der Waals surface area (Å²) in [6, 6.07) is 6.70. The number of carboxylic acids is 2. The standard InChI is InChI=1S/C11H12O4/c1-2-7-5-3-4-6-8(7)9(10(12)13)11(14)15/h3-6,9H,2H2,1H3,(H,12,13)(H,14,15). The molecule has 1 aromatic rings. The lowest BCUT2D eigenvalue weighted by Crippen LogP contribution is -2.22. The van der Waals surface area contributed by atoms with Gasteiger partial charge in [0.15, 0.2) is 5.92 Å². The van der Waals surface area contributed by atoms with Crippen LogP contribution in [0.3, 0.4) is 0 Å². The molecule has 0 aromatic heterocycles. The van der Waals surface area contributed by atoms with Gasteiger partial charge in [0.2, 0.25) is 0 Å². The van der Waals surface area contributed by atoms with E-state index in [2.05, 4.69) is 0 Å². The summed E-state index contributed by atoms with van der Waals surface area (Å²) < 4.78 is 0. The second kappa shape index (κ2) is 4.59. The number of hydrogen-bond donors (Lipinski definition) is 2. The number of aliphatic carboxylic acids is 2. The Morgan fingerprint density at radius 2 is 1.73 bits per heavy atom. The third kappa shape index (κ3) is 2.34. The van der Waals surface area contributed by atoms with E-state index in [1.807, 2.05) is 6.92 Å². The van der Waals surface area contributed by atoms with Gasteiger partial charge in [-0.05, 0) is 17.5 Å². The molecule has 4 heteroatoms. The molecule has 0 radical (unpaired) electrons. The molecule has 0 bridgehead atoms. The summed E-state index contributed by atoms with van der Waals surface area (Å²) in [6.07, 6.45) is 0.618. The predicted octanol–water partition coefficient (Wildman–Crippen LogP) is 1.50. The van der Waals surface area contributed by atoms with Crippen molar-refractivity contribution in [2.24, 2.45) is 0 Å². The SMILES string of the molecule is CCc1ccccc1C(C(=O)O)C(=O)O. The number of benzene rings is 1. The maximum absolute atomic E-state index is 10.8. The topological polar surface area (TPSA) is 74.6 Å². The lowest BCUT2D eigenvalue weighted by molar-refractivity contribution is -0.150. The molecule has 1 aromatic carbocycles. The number of rotatable bonds is 4. The number of aryl methyl sites for hydroxylation is 1. The Morgan fingerprint density at radius 1 is 1.20 bits per heavy atom. The van der Waals surface area contributed by atoms with Crippen LogP contribution >= 0.6 is 0 Å². The van der Waals surface area contributed by atoms with Gasteiger partial charge in [-0.2, -0.15) is 0 Å². The summed E-state index contributed by atoms with van der Waals surface area (Å²) in [5.41, 5.74) is 1.12. The molecule has 0 aliphatic rings. The van der Waals surface area contributed by atoms with Crippen molar-refractivity contribution in [3.05, 3.63) is 35.4 Å². The van der Waals surface area contributed by atoms with Crippen LogP contribution in [0.2, 0.25) is 0 Å². The van der Waals surface area contributed by atoms with E-state index in [-0.39, 0.29) is 0 Å². The van der Waals surface area contributed by atoms with Crippen LogP contribution in [0.1, 0.15) is 24.0 Å². The van der Waals surface area contributed by atoms with Gasteiger partial charge in [-0.1, -0.05) is 31.2 Å². The third-order valence-electron chi connectivity index (χ3n) is 2.24. The summed E-state index contributed by atoms with van der Waals surface area (Å²) in [5.74, 6) is -4.13. The first-order valence-electron chi connectivity index (χ1n) is 4.61. The first kappa shape index (κ1) is 11.2. The van der Waals surface area contributed by atoms with Crippen molar-refractivity contribution in [1.82, 2.24) is 0 Å². The Bertz CT molecular complexity index is 370. The molecule has 0 saturated carbocycles. The summed E-state index contributed by atoms with van der Waals surface area (Å²) in [5, 5.41) is 17.7. The zero-order valence-corrected chi connectivity index (χ0v) is 8.30. The van der Waals surface area contributed by atoms with Gasteiger partial charge in [0.1, 0.15) is 0 Å². The van der Waals surface area contributed by atoms with E-state index < -0.39 is 17.9 Å². The van der Waals surface area contributed by atoms with Crippen LogP contribution in [0.5, 0.6) is 0 Å². The highest BCUT2D eigenvalue weighted by molar-refractivity contribution is 5.99. The highest BCUT2D eigenvalue weighted by atomic mass is 16.4. The van der Waals surface area contributed by atoms with Gasteiger partial charge in [0.05, 0.1) is 0 Å². The second-order valence-corrected chi connectivity index (χ2v) is 3.16. The molecule has 0 unspecified atom stereocenters. The van der Waals surface area contributed by atoms with E-state index >= 15 is 0 Å². The average molecular weight is 208 g/mol. The van der Waals surface area contributed by atoms with Crippen molar-refractivity contribution in [2.75, 3.05) is 0 Å². The molecule has 0 saturated heterocycles. The lowest BCUT2D eigenvalue weighted by Gasteiger charge is -2.11. The molecule has 80 valence electrons. The Labute approximate surface area is 87.2 Å². The van der Waals surface area contributed by atoms with Crippen LogP contribution in [0, 0.1) is 0 Å². The van der Waals surface area contributed by atoms with Gasteiger partial charge in [-0.25, -0.2) is 0 Å². The molecule has 15 heavy (non-hydrogen) atoms. The van der Waals surface area contributed by atoms with E-state index in [1.165, 1.54) is 0 Å². The van der Waals surface area contributed by atoms with Gasteiger partial charge >= 0.3 is 11.9 Å². The second-order valence-electron chi connectivity index (χ2n) is 3.16. The maximum Gasteiger partial charge on any atom is 0.322 e. The monoisotopic (exact) mass is 208 g/mol. The van der Waals surface area contributed by atoms with Crippen molar-refractivity contribution >= 4 is 11.9 Å². The summed E-state index contributed by atoms with van der Waals surface area (Å²) >= 11 is 0. The number of carbonyl (C=O) groups is 2. The predicted molar refractivity (Wildman–Crippen MR) is 53.8 cm³/mol. The Balaban J connectivity index is 3.22. The molecule has 0 aliphatic heterocycles. The first-order chi connectivity index (χ1) is 7.07. The highest BCUT2D eigenvalue weighted by Gasteiger charge is 2.29. The summed E-state index contributed by atoms with van der Waals surface area (Å²) in [7, 11) is 0. The normalized spacial score (nSPS) is 10.3. The van der Waals surface area contributed by atoms with Crippen LogP contribution in [0.4, 0.5) is 0 Å². The fourth-order valence-electron chi connectivity index (χ4n) is 1.51. The van der Waals surface area contributed by atoms with Gasteiger partial charge in [-0.3, -0.25) is 9.59 Å². The third-order valence-corrected chi connectivity index (χ3v) is 2.24. The van der Waals surface area contributed by atoms with Crippen LogP contribution in [0.25, 0.3) is 0 Å². The van der Waals surface area contributed by atoms with Crippen LogP contribution in [0.15, 0.2) is 24.3 Å². The van der Waals surface area contributed by atoms with E-state index in [4.69, 9.17) is 10.2 Å². The molecular formula is C11H12O4. The molecule has 0 fully saturated rings. The van der Waals surface area contributed by atoms with Crippen molar-refractivity contribution in [1.29, 1.82) is 0 Å². The molecule has 2 N–H and O–H groups in total. The molecule has 0 atom stereocenters. The van der Waals surface area contributed by atoms with Gasteiger partial charge < -0.3 is 10.2 Å². The average Bonchev–Trinajstić information content (AvgIpc) is 2.17. The van der Waals surface area contributed by atoms with E-state index in [1.54, 1.807) is 24.3 Å². The van der Waals surface area contributed by atoms with E-state index in [0.717, 1.165) is 5.56 Å². The smallest absolute Gasteiger partial charge is 0.322 e. The first-order valence-corrected chi connectivity index (χ1v) is 4.61. The Kier molecular flexibility index (Phi) is 3.44. The van der Waals surface area contributed by atoms with Gasteiger partial charge in [-0.15, -0.1) is 0 Å². The highest BCUT2D eigenvalue weighted by Crippen LogP contribution is 2.21. The zero-order chi connectivity index (χ0) is 11.4. The fourth-order valence-corrected chi connectivity index (χ4v) is 1.51. The van der Waals surface area contributed by atoms with Gasteiger partial charge in [0.25, 0.3) is 0 Å². The minimum Gasteiger partial charge on any atom is -0.480 e. The van der Waals surface area contributed by atoms with Crippen molar-refractivity contribution in [3.63, 3.8) is 0 Å². The number of carboxylic acid groups (broad SMARTS) is 2. The van der Waals surface area contributed by atoms with E-state index in [0.29, 0.717) is 12.0 Å². The van der Waals surface area contributed by atoms with Gasteiger partial charge in [0, 0.05) is 0 Å². The molecular weight excluding hydrogens is 196 g/mol. The fraction of sp³-hybridized carbons (Fsp3) is 0.273. The largest absolute Gasteiger partial charge is 0.480 e. The quantitative estimate of drug-likeness (QED) is 0.735. The van der Waals surface area contributed by atoms with Crippen LogP contribution < -0.4 is 0 Å². The Morgan fingerprint density at radius 3 is 2.20 bits per heavy atom. The van der Waals surface area contributed by atoms with E-state index in [9.17, 15) is 9.59 Å². The molecule has 4 nitrogen and oxygen atoms in total. The summed E-state index contributed by atoms with van der Waals surface area (Å²) in [4.78, 5) is 21.7. The van der Waals surface area contributed by atoms with Crippen molar-refractivity contribution in [3.8, 4) is 0 Å².